The van der Waals surface area contributed by atoms with Crippen molar-refractivity contribution in [3.8, 4) is 5.75 Å². The van der Waals surface area contributed by atoms with Gasteiger partial charge in [0.25, 0.3) is 0 Å². The normalized spacial score (nSPS) is 10.2. The van der Waals surface area contributed by atoms with E-state index in [0.717, 1.165) is 5.56 Å². The Morgan fingerprint density at radius 2 is 1.92 bits per heavy atom. The van der Waals surface area contributed by atoms with Crippen LogP contribution in [0.25, 0.3) is 0 Å². The lowest BCUT2D eigenvalue weighted by molar-refractivity contribution is -0.129. The van der Waals surface area contributed by atoms with Crippen LogP contribution in [-0.2, 0) is 16.1 Å². The number of benzene rings is 2. The first-order chi connectivity index (χ1) is 12.0. The molecule has 0 saturated carbocycles. The number of rotatable bonds is 7. The third-order valence-electron chi connectivity index (χ3n) is 3.72. The Labute approximate surface area is 146 Å². The largest absolute Gasteiger partial charge is 0.496 e. The van der Waals surface area contributed by atoms with Gasteiger partial charge >= 0.3 is 0 Å². The van der Waals surface area contributed by atoms with E-state index in [2.05, 4.69) is 5.32 Å². The van der Waals surface area contributed by atoms with Gasteiger partial charge < -0.3 is 15.0 Å². The smallest absolute Gasteiger partial charge is 0.226 e. The highest BCUT2D eigenvalue weighted by Gasteiger charge is 2.14. The Bertz CT molecular complexity index is 749. The Morgan fingerprint density at radius 1 is 1.16 bits per heavy atom. The molecule has 0 heterocycles. The third-order valence-corrected chi connectivity index (χ3v) is 3.72. The van der Waals surface area contributed by atoms with Crippen LogP contribution in [0.5, 0.6) is 5.75 Å². The van der Waals surface area contributed by atoms with E-state index < -0.39 is 5.82 Å². The van der Waals surface area contributed by atoms with Crippen LogP contribution < -0.4 is 10.1 Å². The number of halogens is 1. The molecule has 0 bridgehead atoms. The zero-order chi connectivity index (χ0) is 18.2. The topological polar surface area (TPSA) is 58.6 Å². The molecule has 0 aliphatic rings. The van der Waals surface area contributed by atoms with Gasteiger partial charge in [-0.25, -0.2) is 4.39 Å². The summed E-state index contributed by atoms with van der Waals surface area (Å²) in [5.41, 5.74) is 1.26. The molecule has 2 aromatic rings. The van der Waals surface area contributed by atoms with Crippen LogP contribution in [0.2, 0.25) is 0 Å². The molecule has 1 N–H and O–H groups in total. The lowest BCUT2D eigenvalue weighted by Gasteiger charge is -2.22. The second kappa shape index (κ2) is 8.82. The maximum absolute atomic E-state index is 13.1. The molecule has 0 atom stereocenters. The number of carbonyl (C=O) groups is 2. The van der Waals surface area contributed by atoms with E-state index in [4.69, 9.17) is 4.74 Å². The average molecular weight is 344 g/mol. The summed E-state index contributed by atoms with van der Waals surface area (Å²) in [6.45, 7) is 2.07. The SMILES string of the molecule is COc1ccccc1CN(CCC(=O)Nc1cccc(F)c1)C(C)=O. The van der Waals surface area contributed by atoms with Gasteiger partial charge in [0.2, 0.25) is 11.8 Å². The second-order valence-electron chi connectivity index (χ2n) is 5.56. The van der Waals surface area contributed by atoms with Crippen LogP contribution in [-0.4, -0.2) is 30.4 Å². The molecule has 0 spiro atoms. The van der Waals surface area contributed by atoms with Crippen LogP contribution in [0, 0.1) is 5.82 Å². The van der Waals surface area contributed by atoms with Gasteiger partial charge in [0, 0.05) is 37.7 Å². The minimum Gasteiger partial charge on any atom is -0.496 e. The predicted molar refractivity (Wildman–Crippen MR) is 93.7 cm³/mol. The van der Waals surface area contributed by atoms with Crippen molar-refractivity contribution in [3.05, 3.63) is 59.9 Å². The molecule has 25 heavy (non-hydrogen) atoms. The van der Waals surface area contributed by atoms with Crippen LogP contribution in [0.3, 0.4) is 0 Å². The highest BCUT2D eigenvalue weighted by molar-refractivity contribution is 5.91. The summed E-state index contributed by atoms with van der Waals surface area (Å²) >= 11 is 0. The van der Waals surface area contributed by atoms with Crippen molar-refractivity contribution in [2.24, 2.45) is 0 Å². The fourth-order valence-electron chi connectivity index (χ4n) is 2.41. The average Bonchev–Trinajstić information content (AvgIpc) is 2.58. The molecule has 0 aliphatic heterocycles. The predicted octanol–water partition coefficient (Wildman–Crippen LogP) is 3.21. The fourth-order valence-corrected chi connectivity index (χ4v) is 2.41. The Balaban J connectivity index is 1.95. The minimum atomic E-state index is -0.417. The molecule has 132 valence electrons. The molecule has 0 unspecified atom stereocenters. The standard InChI is InChI=1S/C19H21FN2O3/c1-14(23)22(13-15-6-3-4-9-18(15)25-2)11-10-19(24)21-17-8-5-7-16(20)12-17/h3-9,12H,10-11,13H2,1-2H3,(H,21,24). The summed E-state index contributed by atoms with van der Waals surface area (Å²) in [7, 11) is 1.57. The van der Waals surface area contributed by atoms with Crippen molar-refractivity contribution in [2.75, 3.05) is 19.0 Å². The van der Waals surface area contributed by atoms with E-state index in [1.807, 2.05) is 24.3 Å². The summed E-state index contributed by atoms with van der Waals surface area (Å²) in [4.78, 5) is 25.5. The number of hydrogen-bond acceptors (Lipinski definition) is 3. The van der Waals surface area contributed by atoms with Gasteiger partial charge in [-0.05, 0) is 24.3 Å². The van der Waals surface area contributed by atoms with Crippen molar-refractivity contribution in [3.63, 3.8) is 0 Å². The molecule has 0 radical (unpaired) electrons. The molecule has 0 aliphatic carbocycles. The van der Waals surface area contributed by atoms with E-state index in [1.54, 1.807) is 18.1 Å². The number of methoxy groups -OCH3 is 1. The first kappa shape index (κ1) is 18.4. The van der Waals surface area contributed by atoms with Crippen LogP contribution in [0.4, 0.5) is 10.1 Å². The Hall–Kier alpha value is -2.89. The molecular formula is C19H21FN2O3. The fraction of sp³-hybridized carbons (Fsp3) is 0.263. The highest BCUT2D eigenvalue weighted by atomic mass is 19.1. The lowest BCUT2D eigenvalue weighted by Crippen LogP contribution is -2.31. The number of nitrogens with zero attached hydrogens (tertiary/aromatic N) is 1. The summed E-state index contributed by atoms with van der Waals surface area (Å²) < 4.78 is 18.4. The van der Waals surface area contributed by atoms with E-state index >= 15 is 0 Å². The molecule has 5 nitrogen and oxygen atoms in total. The van der Waals surface area contributed by atoms with Crippen molar-refractivity contribution >= 4 is 17.5 Å². The van der Waals surface area contributed by atoms with Crippen molar-refractivity contribution in [2.45, 2.75) is 19.9 Å². The van der Waals surface area contributed by atoms with Gasteiger partial charge in [-0.15, -0.1) is 0 Å². The van der Waals surface area contributed by atoms with E-state index in [0.29, 0.717) is 18.0 Å². The molecule has 2 amide bonds. The van der Waals surface area contributed by atoms with Gasteiger partial charge in [0.05, 0.1) is 7.11 Å². The second-order valence-corrected chi connectivity index (χ2v) is 5.56. The van der Waals surface area contributed by atoms with Crippen molar-refractivity contribution < 1.29 is 18.7 Å². The lowest BCUT2D eigenvalue weighted by atomic mass is 10.2. The molecule has 2 rings (SSSR count). The molecule has 6 heteroatoms. The summed E-state index contributed by atoms with van der Waals surface area (Å²) in [5.74, 6) is -0.140. The first-order valence-electron chi connectivity index (χ1n) is 7.92. The van der Waals surface area contributed by atoms with Crippen LogP contribution in [0.15, 0.2) is 48.5 Å². The quantitative estimate of drug-likeness (QED) is 0.839. The van der Waals surface area contributed by atoms with Gasteiger partial charge in [-0.2, -0.15) is 0 Å². The van der Waals surface area contributed by atoms with E-state index in [-0.39, 0.29) is 24.8 Å². The number of anilines is 1. The van der Waals surface area contributed by atoms with Crippen LogP contribution >= 0.6 is 0 Å². The zero-order valence-corrected chi connectivity index (χ0v) is 14.3. The first-order valence-corrected chi connectivity index (χ1v) is 7.92. The van der Waals surface area contributed by atoms with Gasteiger partial charge in [-0.3, -0.25) is 9.59 Å². The Morgan fingerprint density at radius 3 is 2.60 bits per heavy atom. The zero-order valence-electron chi connectivity index (χ0n) is 14.3. The minimum absolute atomic E-state index is 0.116. The number of para-hydroxylation sites is 1. The molecule has 0 aromatic heterocycles. The number of hydrogen-bond donors (Lipinski definition) is 1. The molecule has 0 saturated heterocycles. The maximum Gasteiger partial charge on any atom is 0.226 e. The summed E-state index contributed by atoms with van der Waals surface area (Å²) in [6, 6.07) is 13.1. The summed E-state index contributed by atoms with van der Waals surface area (Å²) in [5, 5.41) is 2.62. The molecular weight excluding hydrogens is 323 g/mol. The molecule has 0 fully saturated rings. The van der Waals surface area contributed by atoms with Crippen LogP contribution in [0.1, 0.15) is 18.9 Å². The van der Waals surface area contributed by atoms with Crippen molar-refractivity contribution in [1.82, 2.24) is 4.90 Å². The highest BCUT2D eigenvalue weighted by Crippen LogP contribution is 2.19. The number of ether oxygens (including phenoxy) is 1. The summed E-state index contributed by atoms with van der Waals surface area (Å²) in [6.07, 6.45) is 0.116. The Kier molecular flexibility index (Phi) is 6.51. The maximum atomic E-state index is 13.1. The van der Waals surface area contributed by atoms with E-state index in [9.17, 15) is 14.0 Å². The molecule has 2 aromatic carbocycles. The van der Waals surface area contributed by atoms with Gasteiger partial charge in [0.1, 0.15) is 11.6 Å². The van der Waals surface area contributed by atoms with Gasteiger partial charge in [-0.1, -0.05) is 24.3 Å². The number of carbonyl (C=O) groups excluding carboxylic acids is 2. The van der Waals surface area contributed by atoms with Crippen molar-refractivity contribution in [1.29, 1.82) is 0 Å². The monoisotopic (exact) mass is 344 g/mol. The van der Waals surface area contributed by atoms with E-state index in [1.165, 1.54) is 25.1 Å². The number of nitrogens with one attached hydrogen (secondary N) is 1. The van der Waals surface area contributed by atoms with Gasteiger partial charge in [0.15, 0.2) is 0 Å². The third kappa shape index (κ3) is 5.60. The number of amides is 2.